The van der Waals surface area contributed by atoms with Crippen molar-refractivity contribution in [2.45, 2.75) is 110 Å². The quantitative estimate of drug-likeness (QED) is 0.203. The molecule has 1 N–H and O–H groups in total. The Morgan fingerprint density at radius 2 is 0.841 bits per heavy atom. The molecule has 0 aromatic carbocycles. The van der Waals surface area contributed by atoms with E-state index in [2.05, 4.69) is 0 Å². The average Bonchev–Trinajstić information content (AvgIpc) is 2.87. The molecule has 0 saturated carbocycles. The third-order valence-corrected chi connectivity index (χ3v) is 5.90. The summed E-state index contributed by atoms with van der Waals surface area (Å²) >= 11 is 0. The van der Waals surface area contributed by atoms with Gasteiger partial charge in [0.25, 0.3) is 0 Å². The fourth-order valence-corrected chi connectivity index (χ4v) is 4.49. The van der Waals surface area contributed by atoms with E-state index in [1.165, 1.54) is 0 Å². The molecule has 18 nitrogen and oxygen atoms in total. The molecule has 2 aliphatic rings. The second kappa shape index (κ2) is 16.3. The van der Waals surface area contributed by atoms with Crippen LogP contribution in [0.1, 0.15) is 48.5 Å². The van der Waals surface area contributed by atoms with E-state index in [1.807, 2.05) is 0 Å². The van der Waals surface area contributed by atoms with Crippen LogP contribution < -0.4 is 0 Å². The molecule has 18 heteroatoms. The second-order valence-corrected chi connectivity index (χ2v) is 9.68. The predicted molar refractivity (Wildman–Crippen MR) is 135 cm³/mol. The molecular weight excluding hydrogens is 600 g/mol. The third kappa shape index (κ3) is 10.7. The first-order valence-electron chi connectivity index (χ1n) is 13.3. The number of hydrogen-bond donors (Lipinski definition) is 1. The molecule has 0 spiro atoms. The Hall–Kier alpha value is -3.87. The van der Waals surface area contributed by atoms with E-state index in [4.69, 9.17) is 47.4 Å². The molecule has 0 unspecified atom stereocenters. The number of ether oxygens (including phenoxy) is 10. The molecule has 0 amide bonds. The molecule has 0 radical (unpaired) electrons. The fraction of sp³-hybridized carbons (Fsp3) is 0.731. The minimum Gasteiger partial charge on any atom is -0.463 e. The molecule has 2 rings (SSSR count). The normalized spacial score (nSPS) is 31.5. The summed E-state index contributed by atoms with van der Waals surface area (Å²) in [5, 5.41) is 10.6. The number of aliphatic hydroxyl groups excluding tert-OH is 1. The van der Waals surface area contributed by atoms with E-state index >= 15 is 0 Å². The Balaban J connectivity index is 2.66. The molecule has 248 valence electrons. The molecule has 44 heavy (non-hydrogen) atoms. The van der Waals surface area contributed by atoms with Crippen LogP contribution >= 0.6 is 0 Å². The van der Waals surface area contributed by atoms with E-state index in [1.54, 1.807) is 0 Å². The van der Waals surface area contributed by atoms with Crippen molar-refractivity contribution >= 4 is 41.8 Å². The van der Waals surface area contributed by atoms with E-state index in [0.29, 0.717) is 0 Å². The summed E-state index contributed by atoms with van der Waals surface area (Å²) < 4.78 is 54.1. The van der Waals surface area contributed by atoms with Crippen molar-refractivity contribution in [2.24, 2.45) is 0 Å². The summed E-state index contributed by atoms with van der Waals surface area (Å²) in [7, 11) is 0. The highest BCUT2D eigenvalue weighted by Gasteiger charge is 2.57. The highest BCUT2D eigenvalue weighted by molar-refractivity contribution is 5.69. The van der Waals surface area contributed by atoms with Gasteiger partial charge in [0, 0.05) is 48.5 Å². The standard InChI is InChI=1S/C26H36O18/c1-10(27)35-8-17-20(21(38-13(4)30)23(25(34)42-17)40-15(6)32)44-26-24(41-16(7)33)22(39-14(5)31)19(37-12(3)29)18(43-26)9-36-11(2)28/h17-26,34H,8-9H2,1-7H3/t17-,18-,19-,20+,21+,22+,23-,24-,25+,26+/m1/s1. The summed E-state index contributed by atoms with van der Waals surface area (Å²) in [5.41, 5.74) is 0. The molecule has 0 aliphatic carbocycles. The first-order valence-corrected chi connectivity index (χ1v) is 13.3. The van der Waals surface area contributed by atoms with Crippen molar-refractivity contribution < 1.29 is 86.0 Å². The summed E-state index contributed by atoms with van der Waals surface area (Å²) in [6.45, 7) is 6.11. The topological polar surface area (TPSA) is 232 Å². The Kier molecular flexibility index (Phi) is 13.4. The maximum absolute atomic E-state index is 12.2. The largest absolute Gasteiger partial charge is 0.463 e. The zero-order chi connectivity index (χ0) is 33.3. The van der Waals surface area contributed by atoms with Gasteiger partial charge in [-0.3, -0.25) is 33.6 Å². The highest BCUT2D eigenvalue weighted by atomic mass is 16.8. The lowest BCUT2D eigenvalue weighted by molar-refractivity contribution is -0.357. The maximum Gasteiger partial charge on any atom is 0.303 e. The van der Waals surface area contributed by atoms with Crippen LogP contribution in [-0.2, 0) is 80.9 Å². The Bertz CT molecular complexity index is 1090. The van der Waals surface area contributed by atoms with Crippen molar-refractivity contribution in [3.05, 3.63) is 0 Å². The summed E-state index contributed by atoms with van der Waals surface area (Å²) in [6.07, 6.45) is -16.3. The van der Waals surface area contributed by atoms with Crippen LogP contribution in [0.4, 0.5) is 0 Å². The van der Waals surface area contributed by atoms with Gasteiger partial charge in [-0.05, 0) is 0 Å². The number of esters is 7. The molecule has 2 aliphatic heterocycles. The molecule has 2 saturated heterocycles. The van der Waals surface area contributed by atoms with Gasteiger partial charge in [-0.25, -0.2) is 0 Å². The lowest BCUT2D eigenvalue weighted by Gasteiger charge is -2.48. The number of carbonyl (C=O) groups is 7. The molecular formula is C26H36O18. The lowest BCUT2D eigenvalue weighted by Crippen LogP contribution is -2.67. The summed E-state index contributed by atoms with van der Waals surface area (Å²) in [4.78, 5) is 83.5. The van der Waals surface area contributed by atoms with Gasteiger partial charge in [0.1, 0.15) is 31.5 Å². The minimum atomic E-state index is -1.90. The van der Waals surface area contributed by atoms with E-state index in [0.717, 1.165) is 48.5 Å². The fourth-order valence-electron chi connectivity index (χ4n) is 4.49. The SMILES string of the molecule is CC(=O)OC[C@H]1O[C@H](O)[C@H](OC(C)=O)[C@@H](OC(C)=O)[C@H]1O[C@@H]1O[C@H](COC(C)=O)[C@@H](OC(C)=O)[C@H](OC(C)=O)[C@H]1OC(C)=O. The van der Waals surface area contributed by atoms with Gasteiger partial charge in [-0.1, -0.05) is 0 Å². The Morgan fingerprint density at radius 3 is 1.27 bits per heavy atom. The van der Waals surface area contributed by atoms with Gasteiger partial charge >= 0.3 is 41.8 Å². The number of hydrogen-bond acceptors (Lipinski definition) is 18. The van der Waals surface area contributed by atoms with E-state index in [-0.39, 0.29) is 0 Å². The van der Waals surface area contributed by atoms with E-state index in [9.17, 15) is 38.7 Å². The Labute approximate surface area is 251 Å². The van der Waals surface area contributed by atoms with Gasteiger partial charge in [0.15, 0.2) is 43.1 Å². The van der Waals surface area contributed by atoms with Crippen LogP contribution in [0.3, 0.4) is 0 Å². The number of carbonyl (C=O) groups excluding carboxylic acids is 7. The smallest absolute Gasteiger partial charge is 0.303 e. The summed E-state index contributed by atoms with van der Waals surface area (Å²) in [5.74, 6) is -6.03. The summed E-state index contributed by atoms with van der Waals surface area (Å²) in [6, 6.07) is 0. The predicted octanol–water partition coefficient (Wildman–Crippen LogP) is -1.40. The zero-order valence-corrected chi connectivity index (χ0v) is 25.1. The van der Waals surface area contributed by atoms with Crippen LogP contribution in [0.2, 0.25) is 0 Å². The zero-order valence-electron chi connectivity index (χ0n) is 25.1. The van der Waals surface area contributed by atoms with Crippen LogP contribution in [0, 0.1) is 0 Å². The van der Waals surface area contributed by atoms with Gasteiger partial charge in [-0.2, -0.15) is 0 Å². The van der Waals surface area contributed by atoms with Crippen molar-refractivity contribution in [2.75, 3.05) is 13.2 Å². The van der Waals surface area contributed by atoms with Gasteiger partial charge in [0.05, 0.1) is 0 Å². The number of aliphatic hydroxyl groups is 1. The van der Waals surface area contributed by atoms with Crippen molar-refractivity contribution in [1.82, 2.24) is 0 Å². The van der Waals surface area contributed by atoms with Crippen LogP contribution in [0.5, 0.6) is 0 Å². The highest BCUT2D eigenvalue weighted by Crippen LogP contribution is 2.34. The maximum atomic E-state index is 12.2. The van der Waals surface area contributed by atoms with Crippen LogP contribution in [-0.4, -0.2) is 122 Å². The van der Waals surface area contributed by atoms with Gasteiger partial charge < -0.3 is 52.5 Å². The monoisotopic (exact) mass is 636 g/mol. The van der Waals surface area contributed by atoms with Crippen LogP contribution in [0.25, 0.3) is 0 Å². The van der Waals surface area contributed by atoms with Crippen molar-refractivity contribution in [3.63, 3.8) is 0 Å². The molecule has 10 atom stereocenters. The van der Waals surface area contributed by atoms with Gasteiger partial charge in [-0.15, -0.1) is 0 Å². The molecule has 2 heterocycles. The molecule has 0 aromatic heterocycles. The van der Waals surface area contributed by atoms with Crippen molar-refractivity contribution in [3.8, 4) is 0 Å². The molecule has 0 aromatic rings. The van der Waals surface area contributed by atoms with Crippen LogP contribution in [0.15, 0.2) is 0 Å². The first-order chi connectivity index (χ1) is 20.5. The average molecular weight is 637 g/mol. The minimum absolute atomic E-state index is 0.572. The second-order valence-electron chi connectivity index (χ2n) is 9.68. The third-order valence-electron chi connectivity index (χ3n) is 5.90. The first kappa shape index (κ1) is 36.3. The molecule has 0 bridgehead atoms. The molecule has 2 fully saturated rings. The van der Waals surface area contributed by atoms with E-state index < -0.39 is 116 Å². The Morgan fingerprint density at radius 1 is 0.477 bits per heavy atom. The number of rotatable bonds is 11. The van der Waals surface area contributed by atoms with Crippen molar-refractivity contribution in [1.29, 1.82) is 0 Å². The lowest BCUT2D eigenvalue weighted by atomic mass is 9.96. The van der Waals surface area contributed by atoms with Gasteiger partial charge in [0.2, 0.25) is 0 Å².